The van der Waals surface area contributed by atoms with Crippen LogP contribution in [-0.2, 0) is 16.0 Å². The number of ether oxygens (including phenoxy) is 1. The second-order valence-corrected chi connectivity index (χ2v) is 4.09. The molecule has 74 valence electrons. The molecule has 2 rings (SSSR count). The maximum Gasteiger partial charge on any atom is 0.310 e. The average molecular weight is 190 g/mol. The minimum Gasteiger partial charge on any atom is -0.459 e. The molecule has 1 aromatic carbocycles. The number of benzene rings is 1. The van der Waals surface area contributed by atoms with Gasteiger partial charge in [-0.2, -0.15) is 0 Å². The number of hydrogen-bond donors (Lipinski definition) is 0. The highest BCUT2D eigenvalue weighted by molar-refractivity contribution is 5.76. The quantitative estimate of drug-likeness (QED) is 0.684. The van der Waals surface area contributed by atoms with Crippen molar-refractivity contribution < 1.29 is 9.53 Å². The molecule has 1 aliphatic heterocycles. The van der Waals surface area contributed by atoms with Gasteiger partial charge in [-0.15, -0.1) is 0 Å². The van der Waals surface area contributed by atoms with Gasteiger partial charge in [0.05, 0.1) is 6.42 Å². The van der Waals surface area contributed by atoms with Crippen molar-refractivity contribution in [3.63, 3.8) is 0 Å². The van der Waals surface area contributed by atoms with Gasteiger partial charge in [-0.25, -0.2) is 0 Å². The first-order chi connectivity index (χ1) is 6.68. The molecule has 2 heteroatoms. The van der Waals surface area contributed by atoms with Crippen molar-refractivity contribution in [3.8, 4) is 0 Å². The summed E-state index contributed by atoms with van der Waals surface area (Å²) in [5.74, 6) is -0.0689. The maximum absolute atomic E-state index is 10.7. The van der Waals surface area contributed by atoms with E-state index in [2.05, 4.69) is 12.1 Å². The van der Waals surface area contributed by atoms with Crippen molar-refractivity contribution in [2.45, 2.75) is 31.8 Å². The fourth-order valence-electron chi connectivity index (χ4n) is 1.76. The van der Waals surface area contributed by atoms with Crippen LogP contribution in [0.5, 0.6) is 0 Å². The van der Waals surface area contributed by atoms with Gasteiger partial charge in [0.15, 0.2) is 0 Å². The lowest BCUT2D eigenvalue weighted by Crippen LogP contribution is -2.45. The molecule has 1 aromatic rings. The van der Waals surface area contributed by atoms with Gasteiger partial charge in [0.25, 0.3) is 0 Å². The Morgan fingerprint density at radius 3 is 2.57 bits per heavy atom. The summed E-state index contributed by atoms with van der Waals surface area (Å²) >= 11 is 0. The van der Waals surface area contributed by atoms with Crippen LogP contribution in [0.4, 0.5) is 0 Å². The van der Waals surface area contributed by atoms with Crippen LogP contribution in [0.2, 0.25) is 0 Å². The zero-order valence-corrected chi connectivity index (χ0v) is 8.32. The van der Waals surface area contributed by atoms with Crippen molar-refractivity contribution >= 4 is 5.97 Å². The molecule has 1 fully saturated rings. The first kappa shape index (κ1) is 9.25. The minimum absolute atomic E-state index is 0.0689. The van der Waals surface area contributed by atoms with Gasteiger partial charge in [-0.1, -0.05) is 30.3 Å². The molecule has 0 aliphatic carbocycles. The highest BCUT2D eigenvalue weighted by Gasteiger charge is 2.40. The Bertz CT molecular complexity index is 321. The molecule has 0 N–H and O–H groups in total. The molecule has 0 aromatic heterocycles. The minimum atomic E-state index is -0.201. The average Bonchev–Trinajstić information content (AvgIpc) is 2.15. The molecule has 1 atom stereocenters. The lowest BCUT2D eigenvalue weighted by molar-refractivity contribution is -0.188. The third-order valence-corrected chi connectivity index (χ3v) is 2.66. The summed E-state index contributed by atoms with van der Waals surface area (Å²) in [6.07, 6.45) is 2.47. The summed E-state index contributed by atoms with van der Waals surface area (Å²) in [6.45, 7) is 2.00. The summed E-state index contributed by atoms with van der Waals surface area (Å²) < 4.78 is 5.11. The number of rotatable bonds is 3. The van der Waals surface area contributed by atoms with E-state index in [-0.39, 0.29) is 11.6 Å². The fraction of sp³-hybridized carbons (Fsp3) is 0.417. The molecule has 1 heterocycles. The van der Waals surface area contributed by atoms with Gasteiger partial charge in [0.1, 0.15) is 5.60 Å². The Balaban J connectivity index is 1.86. The fourth-order valence-corrected chi connectivity index (χ4v) is 1.76. The van der Waals surface area contributed by atoms with Crippen LogP contribution >= 0.6 is 0 Å². The molecule has 0 unspecified atom stereocenters. The van der Waals surface area contributed by atoms with E-state index in [0.29, 0.717) is 6.42 Å². The van der Waals surface area contributed by atoms with Crippen LogP contribution in [0, 0.1) is 0 Å². The largest absolute Gasteiger partial charge is 0.459 e. The summed E-state index contributed by atoms with van der Waals surface area (Å²) in [5.41, 5.74) is 1.10. The number of cyclic esters (lactones) is 1. The summed E-state index contributed by atoms with van der Waals surface area (Å²) in [4.78, 5) is 10.7. The maximum atomic E-state index is 10.7. The summed E-state index contributed by atoms with van der Waals surface area (Å²) in [6, 6.07) is 10.3. The standard InChI is InChI=1S/C12H14O2/c1-12(9-11(13)14-12)8-7-10-5-3-2-4-6-10/h2-6H,7-9H2,1H3/t12-/m1/s1. The number of carbonyl (C=O) groups is 1. The van der Waals surface area contributed by atoms with Crippen molar-refractivity contribution in [1.29, 1.82) is 0 Å². The van der Waals surface area contributed by atoms with Crippen molar-refractivity contribution in [2.75, 3.05) is 0 Å². The van der Waals surface area contributed by atoms with Gasteiger partial charge >= 0.3 is 5.97 Å². The zero-order chi connectivity index (χ0) is 10.0. The Morgan fingerprint density at radius 2 is 2.00 bits per heavy atom. The molecule has 0 radical (unpaired) electrons. The highest BCUT2D eigenvalue weighted by Crippen LogP contribution is 2.31. The summed E-state index contributed by atoms with van der Waals surface area (Å²) in [7, 11) is 0. The molecule has 0 amide bonds. The monoisotopic (exact) mass is 190 g/mol. The molecule has 1 aliphatic rings. The Morgan fingerprint density at radius 1 is 1.36 bits per heavy atom. The smallest absolute Gasteiger partial charge is 0.310 e. The normalized spacial score (nSPS) is 25.4. The van der Waals surface area contributed by atoms with Crippen LogP contribution in [-0.4, -0.2) is 11.6 Å². The van der Waals surface area contributed by atoms with Crippen molar-refractivity contribution in [1.82, 2.24) is 0 Å². The topological polar surface area (TPSA) is 26.3 Å². The van der Waals surface area contributed by atoms with E-state index in [0.717, 1.165) is 12.8 Å². The second-order valence-electron chi connectivity index (χ2n) is 4.09. The predicted octanol–water partition coefficient (Wildman–Crippen LogP) is 2.32. The van der Waals surface area contributed by atoms with E-state index in [1.54, 1.807) is 0 Å². The zero-order valence-electron chi connectivity index (χ0n) is 8.32. The van der Waals surface area contributed by atoms with E-state index in [1.807, 2.05) is 25.1 Å². The van der Waals surface area contributed by atoms with Gasteiger partial charge in [-0.3, -0.25) is 4.79 Å². The van der Waals surface area contributed by atoms with E-state index in [4.69, 9.17) is 4.74 Å². The van der Waals surface area contributed by atoms with E-state index in [1.165, 1.54) is 5.56 Å². The van der Waals surface area contributed by atoms with Gasteiger partial charge < -0.3 is 4.74 Å². The van der Waals surface area contributed by atoms with Crippen LogP contribution in [0.3, 0.4) is 0 Å². The van der Waals surface area contributed by atoms with Crippen LogP contribution < -0.4 is 0 Å². The first-order valence-electron chi connectivity index (χ1n) is 4.94. The third-order valence-electron chi connectivity index (χ3n) is 2.66. The highest BCUT2D eigenvalue weighted by atomic mass is 16.6. The van der Waals surface area contributed by atoms with Crippen LogP contribution in [0.1, 0.15) is 25.3 Å². The van der Waals surface area contributed by atoms with E-state index >= 15 is 0 Å². The predicted molar refractivity (Wildman–Crippen MR) is 53.9 cm³/mol. The molecule has 14 heavy (non-hydrogen) atoms. The number of carbonyl (C=O) groups excluding carboxylic acids is 1. The van der Waals surface area contributed by atoms with Gasteiger partial charge in [-0.05, 0) is 25.3 Å². The SMILES string of the molecule is C[C@@]1(CCc2ccccc2)CC(=O)O1. The van der Waals surface area contributed by atoms with Gasteiger partial charge in [0, 0.05) is 0 Å². The molecule has 2 nitrogen and oxygen atoms in total. The molecule has 1 saturated heterocycles. The Hall–Kier alpha value is -1.31. The van der Waals surface area contributed by atoms with Crippen molar-refractivity contribution in [2.24, 2.45) is 0 Å². The lowest BCUT2D eigenvalue weighted by Gasteiger charge is -2.37. The third kappa shape index (κ3) is 1.95. The number of esters is 1. The van der Waals surface area contributed by atoms with Crippen LogP contribution in [0.25, 0.3) is 0 Å². The van der Waals surface area contributed by atoms with E-state index in [9.17, 15) is 4.79 Å². The number of hydrogen-bond acceptors (Lipinski definition) is 2. The first-order valence-corrected chi connectivity index (χ1v) is 4.94. The lowest BCUT2D eigenvalue weighted by atomic mass is 9.89. The molecular weight excluding hydrogens is 176 g/mol. The molecule has 0 spiro atoms. The molecule has 0 bridgehead atoms. The Labute approximate surface area is 83.9 Å². The van der Waals surface area contributed by atoms with Gasteiger partial charge in [0.2, 0.25) is 0 Å². The summed E-state index contributed by atoms with van der Waals surface area (Å²) in [5, 5.41) is 0. The molecular formula is C12H14O2. The van der Waals surface area contributed by atoms with Crippen LogP contribution in [0.15, 0.2) is 30.3 Å². The molecule has 0 saturated carbocycles. The number of aryl methyl sites for hydroxylation is 1. The Kier molecular flexibility index (Phi) is 2.28. The van der Waals surface area contributed by atoms with Crippen molar-refractivity contribution in [3.05, 3.63) is 35.9 Å². The van der Waals surface area contributed by atoms with E-state index < -0.39 is 0 Å². The second kappa shape index (κ2) is 3.45.